The molecule has 1 amide bonds. The molecular weight excluding hydrogens is 212 g/mol. The molecule has 0 saturated carbocycles. The minimum Gasteiger partial charge on any atom is -0.336 e. The van der Waals surface area contributed by atoms with Gasteiger partial charge in [0.15, 0.2) is 0 Å². The van der Waals surface area contributed by atoms with Crippen molar-refractivity contribution in [3.05, 3.63) is 29.6 Å². The number of likely N-dealkylation sites (tertiary alicyclic amines) is 1. The minimum atomic E-state index is 0.143. The maximum Gasteiger partial charge on any atom is 0.255 e. The van der Waals surface area contributed by atoms with Crippen molar-refractivity contribution in [2.75, 3.05) is 6.54 Å². The third kappa shape index (κ3) is 2.65. The average molecular weight is 232 g/mol. The monoisotopic (exact) mass is 232 g/mol. The van der Waals surface area contributed by atoms with Gasteiger partial charge in [0, 0.05) is 24.5 Å². The van der Waals surface area contributed by atoms with Crippen LogP contribution in [-0.2, 0) is 0 Å². The van der Waals surface area contributed by atoms with Gasteiger partial charge in [0.1, 0.15) is 0 Å². The second kappa shape index (κ2) is 5.30. The summed E-state index contributed by atoms with van der Waals surface area (Å²) in [6, 6.07) is 4.20. The Hall–Kier alpha value is -1.38. The molecule has 2 rings (SSSR count). The molecule has 0 aromatic carbocycles. The molecule has 17 heavy (non-hydrogen) atoms. The molecule has 1 aliphatic heterocycles. The summed E-state index contributed by atoms with van der Waals surface area (Å²) in [5, 5.41) is 0. The lowest BCUT2D eigenvalue weighted by Gasteiger charge is -2.35. The molecule has 1 fully saturated rings. The highest BCUT2D eigenvalue weighted by atomic mass is 16.2. The predicted molar refractivity (Wildman–Crippen MR) is 67.9 cm³/mol. The third-order valence-electron chi connectivity index (χ3n) is 3.52. The lowest BCUT2D eigenvalue weighted by Crippen LogP contribution is -2.43. The van der Waals surface area contributed by atoms with Gasteiger partial charge in [-0.25, -0.2) is 0 Å². The van der Waals surface area contributed by atoms with E-state index in [1.807, 2.05) is 24.0 Å². The van der Waals surface area contributed by atoms with Gasteiger partial charge in [0.05, 0.1) is 5.56 Å². The van der Waals surface area contributed by atoms with E-state index in [1.54, 1.807) is 6.20 Å². The van der Waals surface area contributed by atoms with Gasteiger partial charge >= 0.3 is 0 Å². The Kier molecular flexibility index (Phi) is 3.77. The minimum absolute atomic E-state index is 0.143. The molecule has 0 N–H and O–H groups in total. The molecule has 3 nitrogen and oxygen atoms in total. The van der Waals surface area contributed by atoms with Crippen molar-refractivity contribution in [3.63, 3.8) is 0 Å². The van der Waals surface area contributed by atoms with Crippen molar-refractivity contribution >= 4 is 5.91 Å². The number of carbonyl (C=O) groups excluding carboxylic acids is 1. The summed E-state index contributed by atoms with van der Waals surface area (Å²) in [5.41, 5.74) is 1.67. The molecule has 3 heteroatoms. The summed E-state index contributed by atoms with van der Waals surface area (Å²) >= 11 is 0. The number of pyridine rings is 1. The summed E-state index contributed by atoms with van der Waals surface area (Å²) < 4.78 is 0. The first-order valence-electron chi connectivity index (χ1n) is 6.46. The number of aryl methyl sites for hydroxylation is 1. The maximum atomic E-state index is 12.4. The Morgan fingerprint density at radius 2 is 2.29 bits per heavy atom. The van der Waals surface area contributed by atoms with Gasteiger partial charge in [-0.2, -0.15) is 0 Å². The van der Waals surface area contributed by atoms with E-state index in [-0.39, 0.29) is 5.91 Å². The van der Waals surface area contributed by atoms with Crippen LogP contribution in [0.2, 0.25) is 0 Å². The number of rotatable bonds is 2. The van der Waals surface area contributed by atoms with Crippen LogP contribution < -0.4 is 0 Å². The van der Waals surface area contributed by atoms with Crippen LogP contribution in [0.15, 0.2) is 18.3 Å². The van der Waals surface area contributed by atoms with Crippen LogP contribution in [0.5, 0.6) is 0 Å². The fourth-order valence-electron chi connectivity index (χ4n) is 2.45. The van der Waals surface area contributed by atoms with Crippen LogP contribution in [0, 0.1) is 6.92 Å². The molecule has 1 aromatic rings. The van der Waals surface area contributed by atoms with Crippen LogP contribution in [0.3, 0.4) is 0 Å². The van der Waals surface area contributed by atoms with E-state index in [1.165, 1.54) is 6.42 Å². The molecule has 0 radical (unpaired) electrons. The number of amides is 1. The van der Waals surface area contributed by atoms with Crippen molar-refractivity contribution in [3.8, 4) is 0 Å². The van der Waals surface area contributed by atoms with Crippen molar-refractivity contribution in [1.29, 1.82) is 0 Å². The van der Waals surface area contributed by atoms with Crippen LogP contribution >= 0.6 is 0 Å². The molecular formula is C14H20N2O. The topological polar surface area (TPSA) is 33.2 Å². The SMILES string of the molecule is CCC1CCCCN1C(=O)c1ccc(C)nc1. The third-order valence-corrected chi connectivity index (χ3v) is 3.52. The Morgan fingerprint density at radius 1 is 1.47 bits per heavy atom. The first-order valence-corrected chi connectivity index (χ1v) is 6.46. The molecule has 92 valence electrons. The number of carbonyl (C=O) groups is 1. The highest BCUT2D eigenvalue weighted by molar-refractivity contribution is 5.94. The van der Waals surface area contributed by atoms with Gasteiger partial charge in [-0.05, 0) is 44.7 Å². The van der Waals surface area contributed by atoms with Crippen molar-refractivity contribution in [2.24, 2.45) is 0 Å². The zero-order valence-corrected chi connectivity index (χ0v) is 10.6. The zero-order chi connectivity index (χ0) is 12.3. The summed E-state index contributed by atoms with van der Waals surface area (Å²) in [5.74, 6) is 0.143. The van der Waals surface area contributed by atoms with Gasteiger partial charge in [-0.3, -0.25) is 9.78 Å². The Bertz CT molecular complexity index is 386. The Morgan fingerprint density at radius 3 is 2.94 bits per heavy atom. The van der Waals surface area contributed by atoms with E-state index >= 15 is 0 Å². The maximum absolute atomic E-state index is 12.4. The highest BCUT2D eigenvalue weighted by Crippen LogP contribution is 2.21. The summed E-state index contributed by atoms with van der Waals surface area (Å²) in [6.45, 7) is 4.98. The van der Waals surface area contributed by atoms with Crippen LogP contribution in [0.4, 0.5) is 0 Å². The fraction of sp³-hybridized carbons (Fsp3) is 0.571. The summed E-state index contributed by atoms with van der Waals surface area (Å²) in [6.07, 6.45) is 6.25. The number of hydrogen-bond acceptors (Lipinski definition) is 2. The van der Waals surface area contributed by atoms with E-state index in [9.17, 15) is 4.79 Å². The highest BCUT2D eigenvalue weighted by Gasteiger charge is 2.26. The van der Waals surface area contributed by atoms with Crippen molar-refractivity contribution in [2.45, 2.75) is 45.6 Å². The van der Waals surface area contributed by atoms with Crippen LogP contribution in [-0.4, -0.2) is 28.4 Å². The smallest absolute Gasteiger partial charge is 0.255 e. The molecule has 1 aromatic heterocycles. The summed E-state index contributed by atoms with van der Waals surface area (Å²) in [4.78, 5) is 18.6. The van der Waals surface area contributed by atoms with Crippen molar-refractivity contribution in [1.82, 2.24) is 9.88 Å². The van der Waals surface area contributed by atoms with Gasteiger partial charge in [-0.1, -0.05) is 6.92 Å². The number of aromatic nitrogens is 1. The van der Waals surface area contributed by atoms with Gasteiger partial charge in [0.2, 0.25) is 0 Å². The Balaban J connectivity index is 2.15. The fourth-order valence-corrected chi connectivity index (χ4v) is 2.45. The number of piperidine rings is 1. The second-order valence-corrected chi connectivity index (χ2v) is 4.74. The molecule has 0 bridgehead atoms. The van der Waals surface area contributed by atoms with Gasteiger partial charge < -0.3 is 4.90 Å². The molecule has 0 spiro atoms. The van der Waals surface area contributed by atoms with E-state index in [0.717, 1.165) is 37.1 Å². The lowest BCUT2D eigenvalue weighted by molar-refractivity contribution is 0.0607. The van der Waals surface area contributed by atoms with E-state index in [0.29, 0.717) is 6.04 Å². The Labute approximate surface area is 103 Å². The molecule has 1 aliphatic rings. The molecule has 0 aliphatic carbocycles. The quantitative estimate of drug-likeness (QED) is 0.785. The van der Waals surface area contributed by atoms with E-state index < -0.39 is 0 Å². The first kappa shape index (κ1) is 12.1. The van der Waals surface area contributed by atoms with E-state index in [4.69, 9.17) is 0 Å². The normalized spacial score (nSPS) is 20.4. The zero-order valence-electron chi connectivity index (χ0n) is 10.6. The molecule has 1 unspecified atom stereocenters. The average Bonchev–Trinajstić information content (AvgIpc) is 2.39. The van der Waals surface area contributed by atoms with Crippen LogP contribution in [0.1, 0.15) is 48.7 Å². The standard InChI is InChI=1S/C14H20N2O/c1-3-13-6-4-5-9-16(13)14(17)12-8-7-11(2)15-10-12/h7-8,10,13H,3-6,9H2,1-2H3. The predicted octanol–water partition coefficient (Wildman–Crippen LogP) is 2.79. The van der Waals surface area contributed by atoms with Crippen molar-refractivity contribution < 1.29 is 4.79 Å². The van der Waals surface area contributed by atoms with E-state index in [2.05, 4.69) is 11.9 Å². The second-order valence-electron chi connectivity index (χ2n) is 4.74. The summed E-state index contributed by atoms with van der Waals surface area (Å²) in [7, 11) is 0. The number of nitrogens with zero attached hydrogens (tertiary/aromatic N) is 2. The molecule has 1 atom stereocenters. The first-order chi connectivity index (χ1) is 8.22. The largest absolute Gasteiger partial charge is 0.336 e. The molecule has 2 heterocycles. The lowest BCUT2D eigenvalue weighted by atomic mass is 9.99. The number of hydrogen-bond donors (Lipinski definition) is 0. The van der Waals surface area contributed by atoms with Gasteiger partial charge in [0.25, 0.3) is 5.91 Å². The van der Waals surface area contributed by atoms with Crippen LogP contribution in [0.25, 0.3) is 0 Å². The molecule has 1 saturated heterocycles. The van der Waals surface area contributed by atoms with Gasteiger partial charge in [-0.15, -0.1) is 0 Å².